The number of hydrogen-bond donors (Lipinski definition) is 1. The summed E-state index contributed by atoms with van der Waals surface area (Å²) in [5.41, 5.74) is 7.54. The normalized spacial score (nSPS) is 14.1. The van der Waals surface area contributed by atoms with Gasteiger partial charge < -0.3 is 10.5 Å². The van der Waals surface area contributed by atoms with Gasteiger partial charge in [-0.3, -0.25) is 0 Å². The molecule has 0 aliphatic rings. The lowest BCUT2D eigenvalue weighted by atomic mass is 9.85. The van der Waals surface area contributed by atoms with Gasteiger partial charge in [0.25, 0.3) is 0 Å². The molecule has 0 aromatic heterocycles. The third-order valence-electron chi connectivity index (χ3n) is 3.25. The van der Waals surface area contributed by atoms with Crippen LogP contribution in [0.25, 0.3) is 0 Å². The Labute approximate surface area is 119 Å². The minimum absolute atomic E-state index is 0.111. The molecule has 106 valence electrons. The van der Waals surface area contributed by atoms with Gasteiger partial charge in [-0.25, -0.2) is 4.39 Å². The number of hydrogen-bond acceptors (Lipinski definition) is 2. The van der Waals surface area contributed by atoms with Crippen LogP contribution in [0.2, 0.25) is 0 Å². The molecule has 0 amide bonds. The Morgan fingerprint density at radius 3 is 2.30 bits per heavy atom. The minimum Gasteiger partial charge on any atom is -0.491 e. The van der Waals surface area contributed by atoms with E-state index in [1.165, 1.54) is 12.1 Å². The number of benzene rings is 2. The molecule has 0 saturated heterocycles. The third kappa shape index (κ3) is 3.17. The van der Waals surface area contributed by atoms with Crippen molar-refractivity contribution in [2.45, 2.75) is 32.4 Å². The van der Waals surface area contributed by atoms with E-state index >= 15 is 0 Å². The quantitative estimate of drug-likeness (QED) is 0.918. The third-order valence-corrected chi connectivity index (χ3v) is 3.25. The maximum absolute atomic E-state index is 13.0. The molecule has 0 fully saturated rings. The number of nitrogens with two attached hydrogens (primary N) is 1. The van der Waals surface area contributed by atoms with Crippen LogP contribution in [0.5, 0.6) is 5.75 Å². The summed E-state index contributed by atoms with van der Waals surface area (Å²) in [6.07, 6.45) is 0.111. The van der Waals surface area contributed by atoms with Crippen LogP contribution < -0.4 is 10.5 Å². The van der Waals surface area contributed by atoms with E-state index in [2.05, 4.69) is 0 Å². The molecule has 1 unspecified atom stereocenters. The summed E-state index contributed by atoms with van der Waals surface area (Å²) in [7, 11) is 0. The van der Waals surface area contributed by atoms with Gasteiger partial charge in [0.05, 0.1) is 11.6 Å². The van der Waals surface area contributed by atoms with Crippen molar-refractivity contribution in [2.24, 2.45) is 5.73 Å². The van der Waals surface area contributed by atoms with Crippen molar-refractivity contribution in [2.75, 3.05) is 0 Å². The molecule has 0 bridgehead atoms. The molecule has 2 nitrogen and oxygen atoms in total. The van der Waals surface area contributed by atoms with Gasteiger partial charge in [-0.1, -0.05) is 24.3 Å². The van der Waals surface area contributed by atoms with Crippen LogP contribution in [0.4, 0.5) is 4.39 Å². The molecule has 2 aromatic rings. The zero-order valence-electron chi connectivity index (χ0n) is 12.1. The molecule has 20 heavy (non-hydrogen) atoms. The van der Waals surface area contributed by atoms with Crippen molar-refractivity contribution in [3.05, 3.63) is 65.5 Å². The van der Waals surface area contributed by atoms with E-state index in [1.807, 2.05) is 45.0 Å². The molecule has 2 N–H and O–H groups in total. The molecular weight excluding hydrogens is 253 g/mol. The van der Waals surface area contributed by atoms with E-state index < -0.39 is 5.54 Å². The number of halogens is 1. The highest BCUT2D eigenvalue weighted by molar-refractivity contribution is 5.40. The van der Waals surface area contributed by atoms with E-state index in [0.29, 0.717) is 0 Å². The largest absolute Gasteiger partial charge is 0.491 e. The predicted molar refractivity (Wildman–Crippen MR) is 79.2 cm³/mol. The first-order valence-corrected chi connectivity index (χ1v) is 6.71. The predicted octanol–water partition coefficient (Wildman–Crippen LogP) is 3.84. The first-order valence-electron chi connectivity index (χ1n) is 6.71. The van der Waals surface area contributed by atoms with Crippen LogP contribution in [0.1, 0.15) is 31.9 Å². The average molecular weight is 273 g/mol. The molecular formula is C17H20FNO. The van der Waals surface area contributed by atoms with E-state index in [9.17, 15) is 4.39 Å². The lowest BCUT2D eigenvalue weighted by Crippen LogP contribution is -2.34. The van der Waals surface area contributed by atoms with Crippen LogP contribution in [0.3, 0.4) is 0 Å². The fourth-order valence-corrected chi connectivity index (χ4v) is 2.13. The Kier molecular flexibility index (Phi) is 4.09. The van der Waals surface area contributed by atoms with Gasteiger partial charge in [-0.05, 0) is 56.2 Å². The van der Waals surface area contributed by atoms with Crippen molar-refractivity contribution < 1.29 is 9.13 Å². The summed E-state index contributed by atoms with van der Waals surface area (Å²) in [4.78, 5) is 0. The lowest BCUT2D eigenvalue weighted by Gasteiger charge is -2.26. The van der Waals surface area contributed by atoms with Gasteiger partial charge in [0.2, 0.25) is 0 Å². The Hall–Kier alpha value is -1.87. The molecule has 1 atom stereocenters. The maximum Gasteiger partial charge on any atom is 0.123 e. The second-order valence-electron chi connectivity index (χ2n) is 5.40. The monoisotopic (exact) mass is 273 g/mol. The van der Waals surface area contributed by atoms with Crippen LogP contribution >= 0.6 is 0 Å². The molecule has 0 heterocycles. The van der Waals surface area contributed by atoms with E-state index in [4.69, 9.17) is 10.5 Å². The summed E-state index contributed by atoms with van der Waals surface area (Å²) in [5.74, 6) is 0.526. The summed E-state index contributed by atoms with van der Waals surface area (Å²) in [5, 5.41) is 0. The second kappa shape index (κ2) is 5.63. The number of rotatable bonds is 4. The lowest BCUT2D eigenvalue weighted by molar-refractivity contribution is 0.242. The fraction of sp³-hybridized carbons (Fsp3) is 0.294. The molecule has 2 aromatic carbocycles. The van der Waals surface area contributed by atoms with Gasteiger partial charge in [-0.15, -0.1) is 0 Å². The molecule has 3 heteroatoms. The van der Waals surface area contributed by atoms with Crippen LogP contribution in [-0.4, -0.2) is 6.10 Å². The minimum atomic E-state index is -0.690. The first kappa shape index (κ1) is 14.5. The van der Waals surface area contributed by atoms with Gasteiger partial charge in [-0.2, -0.15) is 0 Å². The van der Waals surface area contributed by atoms with Crippen molar-refractivity contribution in [1.82, 2.24) is 0 Å². The van der Waals surface area contributed by atoms with Crippen LogP contribution in [-0.2, 0) is 5.54 Å². The van der Waals surface area contributed by atoms with E-state index in [-0.39, 0.29) is 11.9 Å². The number of ether oxygens (including phenoxy) is 1. The molecule has 0 aliphatic carbocycles. The van der Waals surface area contributed by atoms with Gasteiger partial charge >= 0.3 is 0 Å². The van der Waals surface area contributed by atoms with Gasteiger partial charge in [0.1, 0.15) is 11.6 Å². The Balaban J connectivity index is 2.35. The summed E-state index contributed by atoms with van der Waals surface area (Å²) >= 11 is 0. The van der Waals surface area contributed by atoms with Crippen molar-refractivity contribution in [3.63, 3.8) is 0 Å². The topological polar surface area (TPSA) is 35.2 Å². The van der Waals surface area contributed by atoms with Crippen molar-refractivity contribution >= 4 is 0 Å². The summed E-state index contributed by atoms with van der Waals surface area (Å²) < 4.78 is 18.7. The van der Waals surface area contributed by atoms with Crippen LogP contribution in [0, 0.1) is 5.82 Å². The smallest absolute Gasteiger partial charge is 0.123 e. The Morgan fingerprint density at radius 1 is 1.05 bits per heavy atom. The van der Waals surface area contributed by atoms with Crippen molar-refractivity contribution in [3.8, 4) is 5.75 Å². The first-order chi connectivity index (χ1) is 9.39. The maximum atomic E-state index is 13.0. The summed E-state index contributed by atoms with van der Waals surface area (Å²) in [6, 6.07) is 14.0. The van der Waals surface area contributed by atoms with E-state index in [1.54, 1.807) is 12.1 Å². The standard InChI is InChI=1S/C17H20FNO/c1-12(2)20-16-6-4-5-14(11-16)17(3,19)13-7-9-15(18)10-8-13/h4-12H,19H2,1-3H3. The Bertz CT molecular complexity index is 576. The molecule has 0 spiro atoms. The highest BCUT2D eigenvalue weighted by atomic mass is 19.1. The summed E-state index contributed by atoms with van der Waals surface area (Å²) in [6.45, 7) is 5.87. The SMILES string of the molecule is CC(C)Oc1cccc(C(C)(N)c2ccc(F)cc2)c1. The zero-order chi connectivity index (χ0) is 14.8. The van der Waals surface area contributed by atoms with Crippen molar-refractivity contribution in [1.29, 1.82) is 0 Å². The second-order valence-corrected chi connectivity index (χ2v) is 5.40. The Morgan fingerprint density at radius 2 is 1.70 bits per heavy atom. The molecule has 0 radical (unpaired) electrons. The van der Waals surface area contributed by atoms with Crippen LogP contribution in [0.15, 0.2) is 48.5 Å². The molecule has 2 rings (SSSR count). The van der Waals surface area contributed by atoms with E-state index in [0.717, 1.165) is 16.9 Å². The highest BCUT2D eigenvalue weighted by Gasteiger charge is 2.24. The van der Waals surface area contributed by atoms with Gasteiger partial charge in [0.15, 0.2) is 0 Å². The zero-order valence-corrected chi connectivity index (χ0v) is 12.1. The fourth-order valence-electron chi connectivity index (χ4n) is 2.13. The molecule has 0 aliphatic heterocycles. The average Bonchev–Trinajstić information content (AvgIpc) is 2.39. The molecule has 0 saturated carbocycles. The van der Waals surface area contributed by atoms with Gasteiger partial charge in [0, 0.05) is 0 Å². The highest BCUT2D eigenvalue weighted by Crippen LogP contribution is 2.29.